The second-order valence-corrected chi connectivity index (χ2v) is 6.71. The van der Waals surface area contributed by atoms with Gasteiger partial charge in [0.1, 0.15) is 12.3 Å². The SMILES string of the molecule is CNC(=O)c1ccc(NCC#Cc2cc(N)c3ccn(CC(F)(F)F)c3c2)c(OC)c1. The lowest BCUT2D eigenvalue weighted by atomic mass is 10.1. The van der Waals surface area contributed by atoms with E-state index in [1.165, 1.54) is 13.3 Å². The minimum Gasteiger partial charge on any atom is -0.495 e. The first-order valence-corrected chi connectivity index (χ1v) is 9.30. The minimum atomic E-state index is -4.33. The highest BCUT2D eigenvalue weighted by molar-refractivity contribution is 5.95. The van der Waals surface area contributed by atoms with Crippen molar-refractivity contribution in [1.82, 2.24) is 9.88 Å². The van der Waals surface area contributed by atoms with Crippen molar-refractivity contribution in [2.75, 3.05) is 31.8 Å². The Morgan fingerprint density at radius 2 is 2.00 bits per heavy atom. The van der Waals surface area contributed by atoms with Crippen molar-refractivity contribution in [2.45, 2.75) is 12.7 Å². The third-order valence-corrected chi connectivity index (χ3v) is 4.56. The highest BCUT2D eigenvalue weighted by atomic mass is 19.4. The number of rotatable bonds is 5. The van der Waals surface area contributed by atoms with Crippen molar-refractivity contribution in [3.63, 3.8) is 0 Å². The van der Waals surface area contributed by atoms with Gasteiger partial charge in [-0.05, 0) is 36.4 Å². The predicted molar refractivity (Wildman–Crippen MR) is 114 cm³/mol. The number of nitrogens with two attached hydrogens (primary N) is 1. The molecule has 0 atom stereocenters. The van der Waals surface area contributed by atoms with Crippen LogP contribution in [0, 0.1) is 11.8 Å². The van der Waals surface area contributed by atoms with Gasteiger partial charge in [-0.25, -0.2) is 0 Å². The molecule has 6 nitrogen and oxygen atoms in total. The number of nitrogen functional groups attached to an aromatic ring is 1. The molecule has 1 aromatic heterocycles. The van der Waals surface area contributed by atoms with E-state index in [1.54, 1.807) is 43.4 Å². The number of amides is 1. The molecule has 0 aliphatic rings. The number of aromatic nitrogens is 1. The number of anilines is 2. The molecule has 4 N–H and O–H groups in total. The van der Waals surface area contributed by atoms with Crippen LogP contribution in [0.3, 0.4) is 0 Å². The summed E-state index contributed by atoms with van der Waals surface area (Å²) in [6.07, 6.45) is -2.97. The molecule has 31 heavy (non-hydrogen) atoms. The van der Waals surface area contributed by atoms with Crippen molar-refractivity contribution in [3.8, 4) is 17.6 Å². The van der Waals surface area contributed by atoms with E-state index in [-0.39, 0.29) is 12.5 Å². The first-order valence-electron chi connectivity index (χ1n) is 9.30. The second kappa shape index (κ2) is 8.92. The van der Waals surface area contributed by atoms with Crippen molar-refractivity contribution >= 4 is 28.2 Å². The lowest BCUT2D eigenvalue weighted by molar-refractivity contribution is -0.139. The summed E-state index contributed by atoms with van der Waals surface area (Å²) in [5.41, 5.74) is 8.35. The Bertz CT molecular complexity index is 1170. The first-order chi connectivity index (χ1) is 14.7. The van der Waals surface area contributed by atoms with E-state index in [2.05, 4.69) is 22.5 Å². The summed E-state index contributed by atoms with van der Waals surface area (Å²) in [6, 6.07) is 9.75. The van der Waals surface area contributed by atoms with Gasteiger partial charge < -0.3 is 25.7 Å². The lowest BCUT2D eigenvalue weighted by Gasteiger charge is -2.11. The number of carbonyl (C=O) groups excluding carboxylic acids is 1. The smallest absolute Gasteiger partial charge is 0.406 e. The van der Waals surface area contributed by atoms with E-state index in [4.69, 9.17) is 10.5 Å². The Balaban J connectivity index is 1.77. The van der Waals surface area contributed by atoms with Gasteiger partial charge in [-0.3, -0.25) is 4.79 Å². The summed E-state index contributed by atoms with van der Waals surface area (Å²) in [6.45, 7) is -0.850. The molecule has 0 aliphatic heterocycles. The molecule has 9 heteroatoms. The molecule has 0 aliphatic carbocycles. The van der Waals surface area contributed by atoms with Crippen LogP contribution in [0.15, 0.2) is 42.6 Å². The maximum Gasteiger partial charge on any atom is 0.406 e. The number of ether oxygens (including phenoxy) is 1. The molecule has 0 unspecified atom stereocenters. The number of nitrogens with zero attached hydrogens (tertiary/aromatic N) is 1. The molecule has 3 aromatic rings. The highest BCUT2D eigenvalue weighted by Gasteiger charge is 2.28. The molecule has 0 fully saturated rings. The monoisotopic (exact) mass is 430 g/mol. The molecule has 1 amide bonds. The van der Waals surface area contributed by atoms with Gasteiger partial charge in [0, 0.05) is 35.4 Å². The fraction of sp³-hybridized carbons (Fsp3) is 0.227. The zero-order valence-corrected chi connectivity index (χ0v) is 16.9. The third kappa shape index (κ3) is 5.22. The van der Waals surface area contributed by atoms with Crippen LogP contribution in [0.25, 0.3) is 10.9 Å². The third-order valence-electron chi connectivity index (χ3n) is 4.56. The van der Waals surface area contributed by atoms with Gasteiger partial charge in [0.15, 0.2) is 0 Å². The predicted octanol–water partition coefficient (Wildman–Crippen LogP) is 3.62. The molecule has 0 bridgehead atoms. The molecule has 0 saturated heterocycles. The largest absolute Gasteiger partial charge is 0.495 e. The van der Waals surface area contributed by atoms with E-state index in [9.17, 15) is 18.0 Å². The van der Waals surface area contributed by atoms with Crippen LogP contribution in [-0.4, -0.2) is 37.4 Å². The topological polar surface area (TPSA) is 81.3 Å². The second-order valence-electron chi connectivity index (χ2n) is 6.71. The Labute approximate surface area is 177 Å². The molecule has 0 spiro atoms. The van der Waals surface area contributed by atoms with Crippen molar-refractivity contribution in [2.24, 2.45) is 0 Å². The summed E-state index contributed by atoms with van der Waals surface area (Å²) in [5.74, 6) is 6.09. The van der Waals surface area contributed by atoms with Crippen LogP contribution in [0.4, 0.5) is 24.5 Å². The van der Waals surface area contributed by atoms with Gasteiger partial charge in [0.05, 0.1) is 24.9 Å². The fourth-order valence-corrected chi connectivity index (χ4v) is 3.14. The van der Waals surface area contributed by atoms with Gasteiger partial charge in [-0.1, -0.05) is 11.8 Å². The van der Waals surface area contributed by atoms with Crippen LogP contribution in [0.5, 0.6) is 5.75 Å². The summed E-state index contributed by atoms with van der Waals surface area (Å²) in [5, 5.41) is 6.18. The minimum absolute atomic E-state index is 0.229. The van der Waals surface area contributed by atoms with Crippen molar-refractivity contribution < 1.29 is 22.7 Å². The number of hydrogen-bond acceptors (Lipinski definition) is 4. The Kier molecular flexibility index (Phi) is 6.30. The summed E-state index contributed by atoms with van der Waals surface area (Å²) >= 11 is 0. The summed E-state index contributed by atoms with van der Waals surface area (Å²) in [7, 11) is 3.04. The molecular formula is C22H21F3N4O2. The summed E-state index contributed by atoms with van der Waals surface area (Å²) < 4.78 is 44.8. The fourth-order valence-electron chi connectivity index (χ4n) is 3.14. The van der Waals surface area contributed by atoms with Crippen LogP contribution >= 0.6 is 0 Å². The normalized spacial score (nSPS) is 11.0. The zero-order chi connectivity index (χ0) is 22.6. The van der Waals surface area contributed by atoms with Crippen molar-refractivity contribution in [1.29, 1.82) is 0 Å². The van der Waals surface area contributed by atoms with E-state index < -0.39 is 12.7 Å². The lowest BCUT2D eigenvalue weighted by Crippen LogP contribution is -2.17. The number of hydrogen-bond donors (Lipinski definition) is 3. The van der Waals surface area contributed by atoms with E-state index >= 15 is 0 Å². The van der Waals surface area contributed by atoms with Gasteiger partial charge >= 0.3 is 6.18 Å². The number of methoxy groups -OCH3 is 1. The molecular weight excluding hydrogens is 409 g/mol. The molecule has 0 radical (unpaired) electrons. The average molecular weight is 430 g/mol. The van der Waals surface area contributed by atoms with Gasteiger partial charge in [-0.2, -0.15) is 13.2 Å². The Morgan fingerprint density at radius 1 is 1.23 bits per heavy atom. The first kappa shape index (κ1) is 21.9. The molecule has 1 heterocycles. The number of fused-ring (bicyclic) bond motifs is 1. The molecule has 2 aromatic carbocycles. The van der Waals surface area contributed by atoms with Crippen molar-refractivity contribution in [3.05, 3.63) is 53.7 Å². The number of nitrogens with one attached hydrogen (secondary N) is 2. The highest BCUT2D eigenvalue weighted by Crippen LogP contribution is 2.28. The molecule has 162 valence electrons. The number of benzene rings is 2. The standard InChI is InChI=1S/C22H21F3N4O2/c1-27-21(30)15-5-6-18(20(12-15)31-2)28-8-3-4-14-10-17(26)16-7-9-29(19(16)11-14)13-22(23,24)25/h5-7,9-12,28H,8,13,26H2,1-2H3,(H,27,30). The Morgan fingerprint density at radius 3 is 2.68 bits per heavy atom. The van der Waals surface area contributed by atoms with E-state index in [0.717, 1.165) is 4.57 Å². The van der Waals surface area contributed by atoms with Crippen LogP contribution in [0.2, 0.25) is 0 Å². The Hall–Kier alpha value is -3.80. The van der Waals surface area contributed by atoms with Crippen LogP contribution in [-0.2, 0) is 6.54 Å². The number of halogens is 3. The number of carbonyl (C=O) groups is 1. The maximum absolute atomic E-state index is 12.8. The van der Waals surface area contributed by atoms with Gasteiger partial charge in [0.2, 0.25) is 0 Å². The summed E-state index contributed by atoms with van der Waals surface area (Å²) in [4.78, 5) is 11.7. The van der Waals surface area contributed by atoms with E-state index in [0.29, 0.717) is 39.2 Å². The quantitative estimate of drug-likeness (QED) is 0.427. The zero-order valence-electron chi connectivity index (χ0n) is 16.9. The molecule has 3 rings (SSSR count). The maximum atomic E-state index is 12.8. The number of alkyl halides is 3. The molecule has 0 saturated carbocycles. The average Bonchev–Trinajstić information content (AvgIpc) is 3.12. The van der Waals surface area contributed by atoms with Gasteiger partial charge in [0.25, 0.3) is 5.91 Å². The van der Waals surface area contributed by atoms with Gasteiger partial charge in [-0.15, -0.1) is 0 Å². The van der Waals surface area contributed by atoms with Crippen LogP contribution < -0.4 is 21.1 Å². The van der Waals surface area contributed by atoms with E-state index in [1.807, 2.05) is 0 Å². The van der Waals surface area contributed by atoms with Crippen LogP contribution in [0.1, 0.15) is 15.9 Å².